The zero-order chi connectivity index (χ0) is 13.1. The number of anilines is 1. The van der Waals surface area contributed by atoms with Crippen LogP contribution in [0.3, 0.4) is 0 Å². The fourth-order valence-electron chi connectivity index (χ4n) is 1.56. The molecule has 0 fully saturated rings. The highest BCUT2D eigenvalue weighted by Crippen LogP contribution is 2.28. The quantitative estimate of drug-likeness (QED) is 0.654. The summed E-state index contributed by atoms with van der Waals surface area (Å²) >= 11 is 7.31. The van der Waals surface area contributed by atoms with Gasteiger partial charge in [-0.05, 0) is 42.3 Å². The van der Waals surface area contributed by atoms with Gasteiger partial charge in [-0.2, -0.15) is 0 Å². The summed E-state index contributed by atoms with van der Waals surface area (Å²) in [7, 11) is 0. The van der Waals surface area contributed by atoms with E-state index in [1.165, 1.54) is 0 Å². The minimum absolute atomic E-state index is 0.168. The molecular formula is C14H13ClFNS. The Labute approximate surface area is 115 Å². The van der Waals surface area contributed by atoms with E-state index in [9.17, 15) is 4.39 Å². The Morgan fingerprint density at radius 2 is 2.06 bits per heavy atom. The van der Waals surface area contributed by atoms with E-state index in [1.807, 2.05) is 25.1 Å². The van der Waals surface area contributed by atoms with Gasteiger partial charge in [-0.25, -0.2) is 4.39 Å². The van der Waals surface area contributed by atoms with Crippen molar-refractivity contribution in [2.75, 3.05) is 5.73 Å². The monoisotopic (exact) mass is 281 g/mol. The lowest BCUT2D eigenvalue weighted by Gasteiger charge is -2.06. The van der Waals surface area contributed by atoms with Crippen molar-refractivity contribution in [3.8, 4) is 0 Å². The summed E-state index contributed by atoms with van der Waals surface area (Å²) in [5.74, 6) is 0.217. The number of hydrogen-bond donors (Lipinski definition) is 1. The van der Waals surface area contributed by atoms with Crippen LogP contribution in [0.4, 0.5) is 10.1 Å². The topological polar surface area (TPSA) is 26.0 Å². The van der Waals surface area contributed by atoms with Crippen molar-refractivity contribution in [1.29, 1.82) is 0 Å². The number of hydrogen-bond acceptors (Lipinski definition) is 2. The lowest BCUT2D eigenvalue weighted by atomic mass is 10.2. The van der Waals surface area contributed by atoms with E-state index in [2.05, 4.69) is 0 Å². The molecule has 0 saturated heterocycles. The molecule has 0 aliphatic rings. The van der Waals surface area contributed by atoms with Crippen molar-refractivity contribution in [2.24, 2.45) is 0 Å². The van der Waals surface area contributed by atoms with Crippen molar-refractivity contribution in [2.45, 2.75) is 17.6 Å². The highest BCUT2D eigenvalue weighted by Gasteiger charge is 2.06. The normalized spacial score (nSPS) is 10.6. The molecule has 0 amide bonds. The Morgan fingerprint density at radius 3 is 2.78 bits per heavy atom. The van der Waals surface area contributed by atoms with Gasteiger partial charge in [0.1, 0.15) is 5.82 Å². The number of rotatable bonds is 3. The van der Waals surface area contributed by atoms with Gasteiger partial charge in [-0.3, -0.25) is 0 Å². The Bertz CT molecular complexity index is 572. The fourth-order valence-corrected chi connectivity index (χ4v) is 2.72. The van der Waals surface area contributed by atoms with Crippen LogP contribution in [0.15, 0.2) is 41.3 Å². The third kappa shape index (κ3) is 2.98. The van der Waals surface area contributed by atoms with Crippen molar-refractivity contribution < 1.29 is 4.39 Å². The molecule has 0 unspecified atom stereocenters. The maximum Gasteiger partial charge on any atom is 0.145 e. The first kappa shape index (κ1) is 13.2. The number of halogens is 2. The molecule has 2 N–H and O–H groups in total. The van der Waals surface area contributed by atoms with Gasteiger partial charge in [-0.15, -0.1) is 11.8 Å². The van der Waals surface area contributed by atoms with E-state index in [4.69, 9.17) is 17.3 Å². The van der Waals surface area contributed by atoms with Crippen LogP contribution >= 0.6 is 23.4 Å². The Morgan fingerprint density at radius 1 is 1.28 bits per heavy atom. The first-order valence-electron chi connectivity index (χ1n) is 5.50. The van der Waals surface area contributed by atoms with Gasteiger partial charge in [0.2, 0.25) is 0 Å². The van der Waals surface area contributed by atoms with Crippen molar-refractivity contribution in [3.05, 3.63) is 58.4 Å². The van der Waals surface area contributed by atoms with Crippen LogP contribution in [0, 0.1) is 12.7 Å². The van der Waals surface area contributed by atoms with E-state index in [0.717, 1.165) is 16.1 Å². The molecule has 18 heavy (non-hydrogen) atoms. The van der Waals surface area contributed by atoms with Crippen LogP contribution in [0.5, 0.6) is 0 Å². The second-order valence-electron chi connectivity index (χ2n) is 4.02. The smallest absolute Gasteiger partial charge is 0.145 e. The lowest BCUT2D eigenvalue weighted by Crippen LogP contribution is -1.90. The minimum Gasteiger partial charge on any atom is -0.399 e. The SMILES string of the molecule is Cc1cc(SCc2cccc(Cl)c2F)ccc1N. The third-order valence-electron chi connectivity index (χ3n) is 2.67. The molecule has 0 bridgehead atoms. The molecule has 0 atom stereocenters. The average Bonchev–Trinajstić information content (AvgIpc) is 2.35. The van der Waals surface area contributed by atoms with E-state index >= 15 is 0 Å². The largest absolute Gasteiger partial charge is 0.399 e. The van der Waals surface area contributed by atoms with E-state index in [-0.39, 0.29) is 10.8 Å². The van der Waals surface area contributed by atoms with Crippen LogP contribution in [-0.4, -0.2) is 0 Å². The average molecular weight is 282 g/mol. The summed E-state index contributed by atoms with van der Waals surface area (Å²) in [6.07, 6.45) is 0. The van der Waals surface area contributed by atoms with Crippen LogP contribution in [0.1, 0.15) is 11.1 Å². The molecule has 2 rings (SSSR count). The van der Waals surface area contributed by atoms with Crippen molar-refractivity contribution in [3.63, 3.8) is 0 Å². The summed E-state index contributed by atoms with van der Waals surface area (Å²) in [6.45, 7) is 1.96. The van der Waals surface area contributed by atoms with Gasteiger partial charge in [0.05, 0.1) is 5.02 Å². The van der Waals surface area contributed by atoms with Gasteiger partial charge in [0, 0.05) is 16.3 Å². The van der Waals surface area contributed by atoms with E-state index in [0.29, 0.717) is 11.3 Å². The number of nitrogens with two attached hydrogens (primary N) is 1. The Balaban J connectivity index is 2.11. The molecule has 2 aromatic rings. The molecule has 1 nitrogen and oxygen atoms in total. The zero-order valence-corrected chi connectivity index (χ0v) is 11.5. The fraction of sp³-hybridized carbons (Fsp3) is 0.143. The standard InChI is InChI=1S/C14H13ClFNS/c1-9-7-11(5-6-13(9)17)18-8-10-3-2-4-12(15)14(10)16/h2-7H,8,17H2,1H3. The maximum absolute atomic E-state index is 13.7. The Kier molecular flexibility index (Phi) is 4.15. The summed E-state index contributed by atoms with van der Waals surface area (Å²) in [5, 5.41) is 0.168. The molecule has 0 aromatic heterocycles. The number of nitrogen functional groups attached to an aromatic ring is 1. The highest BCUT2D eigenvalue weighted by atomic mass is 35.5. The van der Waals surface area contributed by atoms with Gasteiger partial charge >= 0.3 is 0 Å². The molecule has 0 aliphatic heterocycles. The Hall–Kier alpha value is -1.19. The minimum atomic E-state index is -0.334. The van der Waals surface area contributed by atoms with E-state index in [1.54, 1.807) is 30.0 Å². The summed E-state index contributed by atoms with van der Waals surface area (Å²) in [5.41, 5.74) is 8.17. The maximum atomic E-state index is 13.7. The first-order valence-corrected chi connectivity index (χ1v) is 6.86. The molecule has 0 spiro atoms. The van der Waals surface area contributed by atoms with Gasteiger partial charge in [0.15, 0.2) is 0 Å². The lowest BCUT2D eigenvalue weighted by molar-refractivity contribution is 0.618. The predicted molar refractivity (Wildman–Crippen MR) is 76.6 cm³/mol. The van der Waals surface area contributed by atoms with Crippen LogP contribution in [-0.2, 0) is 5.75 Å². The molecule has 4 heteroatoms. The van der Waals surface area contributed by atoms with Gasteiger partial charge in [-0.1, -0.05) is 23.7 Å². The second kappa shape index (κ2) is 5.63. The molecule has 0 heterocycles. The van der Waals surface area contributed by atoms with Gasteiger partial charge in [0.25, 0.3) is 0 Å². The summed E-state index contributed by atoms with van der Waals surface area (Å²) < 4.78 is 13.7. The second-order valence-corrected chi connectivity index (χ2v) is 5.48. The summed E-state index contributed by atoms with van der Waals surface area (Å²) in [6, 6.07) is 10.9. The van der Waals surface area contributed by atoms with Crippen LogP contribution in [0.25, 0.3) is 0 Å². The molecular weight excluding hydrogens is 269 g/mol. The predicted octanol–water partition coefficient (Wildman–Crippen LogP) is 4.66. The summed E-state index contributed by atoms with van der Waals surface area (Å²) in [4.78, 5) is 1.07. The number of benzene rings is 2. The van der Waals surface area contributed by atoms with Crippen molar-refractivity contribution in [1.82, 2.24) is 0 Å². The van der Waals surface area contributed by atoms with Crippen LogP contribution < -0.4 is 5.73 Å². The molecule has 2 aromatic carbocycles. The molecule has 94 valence electrons. The number of aryl methyl sites for hydroxylation is 1. The van der Waals surface area contributed by atoms with Crippen LogP contribution in [0.2, 0.25) is 5.02 Å². The van der Waals surface area contributed by atoms with Gasteiger partial charge < -0.3 is 5.73 Å². The molecule has 0 aliphatic carbocycles. The number of thioether (sulfide) groups is 1. The molecule has 0 saturated carbocycles. The van der Waals surface area contributed by atoms with E-state index < -0.39 is 0 Å². The third-order valence-corrected chi connectivity index (χ3v) is 4.00. The highest BCUT2D eigenvalue weighted by molar-refractivity contribution is 7.98. The zero-order valence-electron chi connectivity index (χ0n) is 9.91. The molecule has 0 radical (unpaired) electrons. The van der Waals surface area contributed by atoms with Crippen molar-refractivity contribution >= 4 is 29.1 Å². The first-order chi connectivity index (χ1) is 8.58.